The van der Waals surface area contributed by atoms with E-state index in [0.717, 1.165) is 16.4 Å². The van der Waals surface area contributed by atoms with Gasteiger partial charge in [-0.05, 0) is 36.4 Å². The van der Waals surface area contributed by atoms with E-state index < -0.39 is 0 Å². The van der Waals surface area contributed by atoms with Crippen LogP contribution >= 0.6 is 22.7 Å². The average molecular weight is 432 g/mol. The first-order valence-electron chi connectivity index (χ1n) is 10.2. The zero-order valence-electron chi connectivity index (χ0n) is 16.2. The van der Waals surface area contributed by atoms with Crippen molar-refractivity contribution < 1.29 is 0 Å². The molecule has 0 saturated heterocycles. The van der Waals surface area contributed by atoms with E-state index in [1.54, 1.807) is 0 Å². The standard InChI is InChI=1S/C26H13N3S2/c1-2-4-22-14(3-1)17-10-19-18-9-16-20-13-27-6-5-15(20)26-28-7-8-29(26)21(16)11-23(18)31-25(19)12-24(17)30-22/h1-13H. The fourth-order valence-corrected chi connectivity index (χ4v) is 7.29. The number of hydrogen-bond acceptors (Lipinski definition) is 4. The zero-order valence-corrected chi connectivity index (χ0v) is 17.8. The van der Waals surface area contributed by atoms with Crippen molar-refractivity contribution in [2.45, 2.75) is 0 Å². The van der Waals surface area contributed by atoms with E-state index >= 15 is 0 Å². The van der Waals surface area contributed by atoms with E-state index in [9.17, 15) is 0 Å². The molecule has 8 rings (SSSR count). The second kappa shape index (κ2) is 5.58. The van der Waals surface area contributed by atoms with Crippen molar-refractivity contribution in [3.8, 4) is 0 Å². The predicted octanol–water partition coefficient (Wildman–Crippen LogP) is 7.77. The highest BCUT2D eigenvalue weighted by Gasteiger charge is 2.15. The summed E-state index contributed by atoms with van der Waals surface area (Å²) in [6, 6.07) is 20.2. The van der Waals surface area contributed by atoms with Crippen molar-refractivity contribution in [2.75, 3.05) is 0 Å². The summed E-state index contributed by atoms with van der Waals surface area (Å²) in [5, 5.41) is 8.85. The van der Waals surface area contributed by atoms with E-state index in [1.165, 1.54) is 51.2 Å². The van der Waals surface area contributed by atoms with Gasteiger partial charge in [0.05, 0.1) is 5.52 Å². The van der Waals surface area contributed by atoms with Crippen molar-refractivity contribution in [1.29, 1.82) is 0 Å². The quantitative estimate of drug-likeness (QED) is 0.230. The van der Waals surface area contributed by atoms with Gasteiger partial charge >= 0.3 is 0 Å². The highest BCUT2D eigenvalue weighted by Crippen LogP contribution is 2.43. The van der Waals surface area contributed by atoms with Crippen LogP contribution in [0.2, 0.25) is 0 Å². The van der Waals surface area contributed by atoms with Crippen LogP contribution in [0, 0.1) is 0 Å². The molecule has 0 bridgehead atoms. The Morgan fingerprint density at radius 1 is 0.613 bits per heavy atom. The van der Waals surface area contributed by atoms with Crippen LogP contribution in [0.5, 0.6) is 0 Å². The molecule has 3 aromatic carbocycles. The van der Waals surface area contributed by atoms with Crippen LogP contribution in [0.3, 0.4) is 0 Å². The molecule has 0 fully saturated rings. The van der Waals surface area contributed by atoms with Gasteiger partial charge in [0.15, 0.2) is 0 Å². The van der Waals surface area contributed by atoms with Crippen molar-refractivity contribution in [3.05, 3.63) is 79.4 Å². The molecule has 144 valence electrons. The first kappa shape index (κ1) is 16.2. The second-order valence-electron chi connectivity index (χ2n) is 7.95. The number of aromatic nitrogens is 3. The third kappa shape index (κ3) is 2.02. The van der Waals surface area contributed by atoms with Gasteiger partial charge in [-0.15, -0.1) is 22.7 Å². The minimum absolute atomic E-state index is 0.984. The fraction of sp³-hybridized carbons (Fsp3) is 0. The number of nitrogens with zero attached hydrogens (tertiary/aromatic N) is 3. The SMILES string of the molecule is c1ccc2c(c1)sc1cc3sc4cc5c(cc4c3cc12)c1cnccc1c1nccn51. The summed E-state index contributed by atoms with van der Waals surface area (Å²) in [4.78, 5) is 9.04. The van der Waals surface area contributed by atoms with Crippen LogP contribution < -0.4 is 0 Å². The molecule has 0 unspecified atom stereocenters. The van der Waals surface area contributed by atoms with Gasteiger partial charge in [0.2, 0.25) is 0 Å². The summed E-state index contributed by atoms with van der Waals surface area (Å²) < 4.78 is 7.56. The van der Waals surface area contributed by atoms with Gasteiger partial charge in [-0.25, -0.2) is 4.98 Å². The molecule has 31 heavy (non-hydrogen) atoms. The van der Waals surface area contributed by atoms with E-state index in [-0.39, 0.29) is 0 Å². The van der Waals surface area contributed by atoms with Crippen molar-refractivity contribution in [2.24, 2.45) is 0 Å². The van der Waals surface area contributed by atoms with Crippen molar-refractivity contribution >= 4 is 90.3 Å². The number of thiophene rings is 2. The highest BCUT2D eigenvalue weighted by molar-refractivity contribution is 7.28. The monoisotopic (exact) mass is 431 g/mol. The Morgan fingerprint density at radius 2 is 1.39 bits per heavy atom. The maximum Gasteiger partial charge on any atom is 0.145 e. The molecular weight excluding hydrogens is 418 g/mol. The fourth-order valence-electron chi connectivity index (χ4n) is 4.95. The average Bonchev–Trinajstić information content (AvgIpc) is 3.51. The number of imidazole rings is 1. The zero-order chi connectivity index (χ0) is 20.1. The van der Waals surface area contributed by atoms with Crippen molar-refractivity contribution in [3.63, 3.8) is 0 Å². The van der Waals surface area contributed by atoms with Gasteiger partial charge in [0.1, 0.15) is 5.65 Å². The minimum atomic E-state index is 0.984. The van der Waals surface area contributed by atoms with Gasteiger partial charge < -0.3 is 0 Å². The molecule has 0 atom stereocenters. The molecule has 0 aliphatic heterocycles. The smallest absolute Gasteiger partial charge is 0.145 e. The summed E-state index contributed by atoms with van der Waals surface area (Å²) in [5.74, 6) is 0. The van der Waals surface area contributed by atoms with Crippen LogP contribution in [0.15, 0.2) is 79.4 Å². The van der Waals surface area contributed by atoms with Gasteiger partial charge in [0, 0.05) is 81.3 Å². The molecule has 0 aliphatic carbocycles. The molecular formula is C26H13N3S2. The van der Waals surface area contributed by atoms with Gasteiger partial charge in [-0.2, -0.15) is 0 Å². The van der Waals surface area contributed by atoms with E-state index in [0.29, 0.717) is 0 Å². The molecule has 0 spiro atoms. The van der Waals surface area contributed by atoms with Gasteiger partial charge in [-0.3, -0.25) is 9.38 Å². The lowest BCUT2D eigenvalue weighted by atomic mass is 10.0. The molecule has 0 saturated carbocycles. The molecule has 5 aromatic heterocycles. The van der Waals surface area contributed by atoms with Crippen LogP contribution in [-0.4, -0.2) is 14.4 Å². The molecule has 5 heteroatoms. The highest BCUT2D eigenvalue weighted by atomic mass is 32.1. The summed E-state index contributed by atoms with van der Waals surface area (Å²) in [6.07, 6.45) is 7.75. The van der Waals surface area contributed by atoms with Crippen LogP contribution in [0.1, 0.15) is 0 Å². The van der Waals surface area contributed by atoms with E-state index in [4.69, 9.17) is 0 Å². The number of rotatable bonds is 0. The molecule has 8 aromatic rings. The molecule has 3 nitrogen and oxygen atoms in total. The van der Waals surface area contributed by atoms with E-state index in [2.05, 4.69) is 75.2 Å². The Morgan fingerprint density at radius 3 is 2.32 bits per heavy atom. The van der Waals surface area contributed by atoms with E-state index in [1.807, 2.05) is 41.3 Å². The molecule has 5 heterocycles. The number of fused-ring (bicyclic) bond motifs is 12. The molecule has 0 N–H and O–H groups in total. The number of hydrogen-bond donors (Lipinski definition) is 0. The Labute approximate surface area is 183 Å². The lowest BCUT2D eigenvalue weighted by molar-refractivity contribution is 1.27. The predicted molar refractivity (Wildman–Crippen MR) is 134 cm³/mol. The summed E-state index contributed by atoms with van der Waals surface area (Å²) in [7, 11) is 0. The molecule has 0 aliphatic rings. The third-order valence-electron chi connectivity index (χ3n) is 6.34. The van der Waals surface area contributed by atoms with Crippen molar-refractivity contribution in [1.82, 2.24) is 14.4 Å². The van der Waals surface area contributed by atoms with Gasteiger partial charge in [0.25, 0.3) is 0 Å². The Hall–Kier alpha value is -3.54. The summed E-state index contributed by atoms with van der Waals surface area (Å²) in [6.45, 7) is 0. The maximum atomic E-state index is 4.62. The van der Waals surface area contributed by atoms with Crippen LogP contribution in [0.4, 0.5) is 0 Å². The Bertz CT molecular complexity index is 2010. The largest absolute Gasteiger partial charge is 0.299 e. The van der Waals surface area contributed by atoms with Gasteiger partial charge in [-0.1, -0.05) is 18.2 Å². The topological polar surface area (TPSA) is 30.2 Å². The molecule has 0 amide bonds. The summed E-state index contributed by atoms with van der Waals surface area (Å²) in [5.41, 5.74) is 2.16. The summed E-state index contributed by atoms with van der Waals surface area (Å²) >= 11 is 3.76. The first-order chi connectivity index (χ1) is 15.3. The lowest BCUT2D eigenvalue weighted by Gasteiger charge is -2.08. The lowest BCUT2D eigenvalue weighted by Crippen LogP contribution is -1.90. The number of benzene rings is 3. The molecule has 0 radical (unpaired) electrons. The normalized spacial score (nSPS) is 12.5. The minimum Gasteiger partial charge on any atom is -0.299 e. The third-order valence-corrected chi connectivity index (χ3v) is 8.59. The maximum absolute atomic E-state index is 4.62. The number of pyridine rings is 2. The Balaban J connectivity index is 1.59. The Kier molecular flexibility index (Phi) is 2.91. The van der Waals surface area contributed by atoms with Crippen LogP contribution in [-0.2, 0) is 0 Å². The second-order valence-corrected chi connectivity index (χ2v) is 10.1. The first-order valence-corrected chi connectivity index (χ1v) is 11.8. The van der Waals surface area contributed by atoms with Crippen LogP contribution in [0.25, 0.3) is 67.7 Å².